The molecule has 5 heteroatoms. The van der Waals surface area contributed by atoms with Crippen LogP contribution in [0.15, 0.2) is 51.8 Å². The summed E-state index contributed by atoms with van der Waals surface area (Å²) in [6, 6.07) is 13.2. The van der Waals surface area contributed by atoms with Gasteiger partial charge in [-0.2, -0.15) is 0 Å². The molecule has 0 saturated heterocycles. The van der Waals surface area contributed by atoms with Crippen molar-refractivity contribution >= 4 is 37.5 Å². The fourth-order valence-corrected chi connectivity index (χ4v) is 3.76. The van der Waals surface area contributed by atoms with Crippen LogP contribution < -0.4 is 5.32 Å². The molecule has 0 amide bonds. The molecular formula is C16H14BrNO2S. The summed E-state index contributed by atoms with van der Waals surface area (Å²) >= 11 is 3.46. The molecule has 0 aliphatic carbocycles. The fourth-order valence-electron chi connectivity index (χ4n) is 2.45. The quantitative estimate of drug-likeness (QED) is 0.888. The van der Waals surface area contributed by atoms with E-state index in [0.717, 1.165) is 15.7 Å². The molecule has 1 aliphatic heterocycles. The summed E-state index contributed by atoms with van der Waals surface area (Å²) in [5, 5.41) is 3.31. The molecule has 1 aliphatic rings. The van der Waals surface area contributed by atoms with Gasteiger partial charge in [0.2, 0.25) is 0 Å². The predicted molar refractivity (Wildman–Crippen MR) is 88.4 cm³/mol. The molecule has 21 heavy (non-hydrogen) atoms. The molecule has 0 aromatic heterocycles. The van der Waals surface area contributed by atoms with E-state index in [1.807, 2.05) is 30.3 Å². The Morgan fingerprint density at radius 3 is 2.67 bits per heavy atom. The molecule has 108 valence electrons. The number of sulfone groups is 1. The van der Waals surface area contributed by atoms with Crippen molar-refractivity contribution in [2.24, 2.45) is 0 Å². The van der Waals surface area contributed by atoms with Gasteiger partial charge in [0.25, 0.3) is 0 Å². The highest BCUT2D eigenvalue weighted by Crippen LogP contribution is 2.29. The van der Waals surface area contributed by atoms with Gasteiger partial charge >= 0.3 is 0 Å². The Morgan fingerprint density at radius 2 is 1.90 bits per heavy atom. The summed E-state index contributed by atoms with van der Waals surface area (Å²) < 4.78 is 24.9. The van der Waals surface area contributed by atoms with E-state index >= 15 is 0 Å². The van der Waals surface area contributed by atoms with Gasteiger partial charge in [-0.25, -0.2) is 8.42 Å². The van der Waals surface area contributed by atoms with E-state index in [0.29, 0.717) is 17.0 Å². The molecule has 0 bridgehead atoms. The molecular weight excluding hydrogens is 350 g/mol. The first-order chi connectivity index (χ1) is 9.95. The van der Waals surface area contributed by atoms with Gasteiger partial charge in [0.1, 0.15) is 0 Å². The van der Waals surface area contributed by atoms with Crippen LogP contribution in [0.25, 0.3) is 11.8 Å². The highest BCUT2D eigenvalue weighted by molar-refractivity contribution is 9.10. The fraction of sp³-hybridized carbons (Fsp3) is 0.125. The average Bonchev–Trinajstić information content (AvgIpc) is 2.46. The van der Waals surface area contributed by atoms with Crippen molar-refractivity contribution < 1.29 is 8.42 Å². The summed E-state index contributed by atoms with van der Waals surface area (Å²) in [7, 11) is -3.26. The summed E-state index contributed by atoms with van der Waals surface area (Å²) in [6.45, 7) is 0.679. The maximum atomic E-state index is 11.9. The Labute approximate surface area is 132 Å². The van der Waals surface area contributed by atoms with Crippen LogP contribution in [-0.2, 0) is 16.4 Å². The minimum atomic E-state index is -3.26. The van der Waals surface area contributed by atoms with E-state index in [4.69, 9.17) is 0 Å². The first-order valence-corrected chi connectivity index (χ1v) is 9.17. The first kappa shape index (κ1) is 14.4. The molecule has 1 N–H and O–H groups in total. The Morgan fingerprint density at radius 1 is 1.14 bits per heavy atom. The first-order valence-electron chi connectivity index (χ1n) is 6.48. The average molecular weight is 364 g/mol. The zero-order chi connectivity index (χ0) is 15.0. The lowest BCUT2D eigenvalue weighted by atomic mass is 10.00. The molecule has 0 spiro atoms. The molecule has 0 unspecified atom stereocenters. The molecule has 2 aromatic carbocycles. The zero-order valence-electron chi connectivity index (χ0n) is 11.4. The SMILES string of the molecule is CS(=O)(=O)c1ccccc1C1=Cc2ccc(Br)cc2CN1. The van der Waals surface area contributed by atoms with Gasteiger partial charge in [-0.05, 0) is 35.4 Å². The second-order valence-electron chi connectivity index (χ2n) is 5.02. The Kier molecular flexibility index (Phi) is 3.63. The van der Waals surface area contributed by atoms with Crippen molar-refractivity contribution in [2.45, 2.75) is 11.4 Å². The van der Waals surface area contributed by atoms with E-state index < -0.39 is 9.84 Å². The van der Waals surface area contributed by atoms with E-state index in [9.17, 15) is 8.42 Å². The summed E-state index contributed by atoms with van der Waals surface area (Å²) in [5.41, 5.74) is 3.85. The van der Waals surface area contributed by atoms with Crippen LogP contribution >= 0.6 is 15.9 Å². The zero-order valence-corrected chi connectivity index (χ0v) is 13.8. The third-order valence-electron chi connectivity index (χ3n) is 3.45. The van der Waals surface area contributed by atoms with Crippen molar-refractivity contribution in [2.75, 3.05) is 6.26 Å². The number of hydrogen-bond acceptors (Lipinski definition) is 3. The van der Waals surface area contributed by atoms with E-state index in [2.05, 4.69) is 27.3 Å². The molecule has 0 atom stereocenters. The minimum Gasteiger partial charge on any atom is -0.380 e. The molecule has 0 saturated carbocycles. The van der Waals surface area contributed by atoms with Gasteiger partial charge in [0, 0.05) is 28.5 Å². The topological polar surface area (TPSA) is 46.2 Å². The van der Waals surface area contributed by atoms with Crippen molar-refractivity contribution in [1.29, 1.82) is 0 Å². The van der Waals surface area contributed by atoms with E-state index in [-0.39, 0.29) is 0 Å². The van der Waals surface area contributed by atoms with Gasteiger partial charge in [0.05, 0.1) is 4.90 Å². The third-order valence-corrected chi connectivity index (χ3v) is 5.10. The highest BCUT2D eigenvalue weighted by Gasteiger charge is 2.18. The Balaban J connectivity index is 2.13. The maximum absolute atomic E-state index is 11.9. The summed E-state index contributed by atoms with van der Waals surface area (Å²) in [5.74, 6) is 0. The van der Waals surface area contributed by atoms with Gasteiger partial charge in [0.15, 0.2) is 9.84 Å². The smallest absolute Gasteiger partial charge is 0.176 e. The number of hydrogen-bond donors (Lipinski definition) is 1. The lowest BCUT2D eigenvalue weighted by molar-refractivity contribution is 0.601. The second kappa shape index (κ2) is 5.31. The van der Waals surface area contributed by atoms with Crippen LogP contribution in [0.3, 0.4) is 0 Å². The molecule has 3 rings (SSSR count). The van der Waals surface area contributed by atoms with Crippen LogP contribution in [0, 0.1) is 0 Å². The minimum absolute atomic E-state index is 0.351. The number of benzene rings is 2. The summed E-state index contributed by atoms with van der Waals surface area (Å²) in [4.78, 5) is 0.351. The lowest BCUT2D eigenvalue weighted by Gasteiger charge is -2.20. The van der Waals surface area contributed by atoms with Gasteiger partial charge in [-0.3, -0.25) is 0 Å². The predicted octanol–water partition coefficient (Wildman–Crippen LogP) is 3.45. The molecule has 2 aromatic rings. The van der Waals surface area contributed by atoms with Crippen molar-refractivity contribution in [3.8, 4) is 0 Å². The van der Waals surface area contributed by atoms with Crippen LogP contribution in [0.2, 0.25) is 0 Å². The number of halogens is 1. The molecule has 3 nitrogen and oxygen atoms in total. The Bertz CT molecular complexity index is 841. The third kappa shape index (κ3) is 2.89. The van der Waals surface area contributed by atoms with Crippen molar-refractivity contribution in [3.63, 3.8) is 0 Å². The normalized spacial score (nSPS) is 14.1. The maximum Gasteiger partial charge on any atom is 0.176 e. The van der Waals surface area contributed by atoms with Gasteiger partial charge < -0.3 is 5.32 Å². The van der Waals surface area contributed by atoms with Gasteiger partial charge in [-0.1, -0.05) is 40.2 Å². The largest absolute Gasteiger partial charge is 0.380 e. The van der Waals surface area contributed by atoms with Crippen LogP contribution in [0.5, 0.6) is 0 Å². The van der Waals surface area contributed by atoms with Crippen LogP contribution in [0.4, 0.5) is 0 Å². The molecule has 1 heterocycles. The number of fused-ring (bicyclic) bond motifs is 1. The monoisotopic (exact) mass is 363 g/mol. The van der Waals surface area contributed by atoms with Crippen LogP contribution in [-0.4, -0.2) is 14.7 Å². The summed E-state index contributed by atoms with van der Waals surface area (Å²) in [6.07, 6.45) is 3.23. The van der Waals surface area contributed by atoms with E-state index in [1.54, 1.807) is 12.1 Å². The van der Waals surface area contributed by atoms with E-state index in [1.165, 1.54) is 11.8 Å². The molecule has 0 radical (unpaired) electrons. The second-order valence-corrected chi connectivity index (χ2v) is 7.92. The number of nitrogens with one attached hydrogen (secondary N) is 1. The van der Waals surface area contributed by atoms with Crippen molar-refractivity contribution in [3.05, 3.63) is 63.6 Å². The standard InChI is InChI=1S/C16H14BrNO2S/c1-21(19,20)16-5-3-2-4-14(16)15-9-11-6-7-13(17)8-12(11)10-18-15/h2-9,18H,10H2,1H3. The Hall–Kier alpha value is -1.59. The van der Waals surface area contributed by atoms with Gasteiger partial charge in [-0.15, -0.1) is 0 Å². The van der Waals surface area contributed by atoms with Crippen molar-refractivity contribution in [1.82, 2.24) is 5.32 Å². The molecule has 0 fully saturated rings. The number of rotatable bonds is 2. The van der Waals surface area contributed by atoms with Crippen LogP contribution in [0.1, 0.15) is 16.7 Å². The highest BCUT2D eigenvalue weighted by atomic mass is 79.9. The lowest BCUT2D eigenvalue weighted by Crippen LogP contribution is -2.18.